The molecule has 0 saturated carbocycles. The summed E-state index contributed by atoms with van der Waals surface area (Å²) in [6.07, 6.45) is 0.915. The smallest absolute Gasteiger partial charge is 0.316 e. The number of nitrogens with zero attached hydrogens (tertiary/aromatic N) is 2. The van der Waals surface area contributed by atoms with E-state index in [-0.39, 0.29) is 0 Å². The van der Waals surface area contributed by atoms with Gasteiger partial charge in [-0.3, -0.25) is 0 Å². The highest BCUT2D eigenvalue weighted by molar-refractivity contribution is 5.62. The average molecular weight is 258 g/mol. The Labute approximate surface area is 113 Å². The Morgan fingerprint density at radius 1 is 1.05 bits per heavy atom. The Bertz CT molecular complexity index is 582. The van der Waals surface area contributed by atoms with Gasteiger partial charge in [-0.15, -0.1) is 0 Å². The molecular weight excluding hydrogens is 240 g/mol. The first-order valence-corrected chi connectivity index (χ1v) is 6.25. The second-order valence-corrected chi connectivity index (χ2v) is 4.26. The third-order valence-corrected chi connectivity index (χ3v) is 2.97. The van der Waals surface area contributed by atoms with Crippen LogP contribution in [-0.4, -0.2) is 24.2 Å². The SMILES string of the molecule is CCc1cc(-c2cc(C)nc(OC)n2)ccc1OC. The second kappa shape index (κ2) is 5.69. The molecule has 100 valence electrons. The molecule has 1 aromatic carbocycles. The van der Waals surface area contributed by atoms with Gasteiger partial charge in [0.15, 0.2) is 0 Å². The van der Waals surface area contributed by atoms with Crippen molar-refractivity contribution in [2.24, 2.45) is 0 Å². The molecule has 0 N–H and O–H groups in total. The van der Waals surface area contributed by atoms with Crippen LogP contribution in [0.1, 0.15) is 18.2 Å². The zero-order chi connectivity index (χ0) is 13.8. The number of aromatic nitrogens is 2. The molecule has 2 aromatic rings. The molecular formula is C15H18N2O2. The molecule has 0 aliphatic rings. The normalized spacial score (nSPS) is 10.3. The first kappa shape index (κ1) is 13.3. The standard InChI is InChI=1S/C15H18N2O2/c1-5-11-9-12(6-7-14(11)18-3)13-8-10(2)16-15(17-13)19-4/h6-9H,5H2,1-4H3. The van der Waals surface area contributed by atoms with Crippen LogP contribution < -0.4 is 9.47 Å². The zero-order valence-electron chi connectivity index (χ0n) is 11.7. The monoisotopic (exact) mass is 258 g/mol. The molecule has 0 fully saturated rings. The van der Waals surface area contributed by atoms with Crippen molar-refractivity contribution < 1.29 is 9.47 Å². The summed E-state index contributed by atoms with van der Waals surface area (Å²) in [6, 6.07) is 8.41. The van der Waals surface area contributed by atoms with Crippen LogP contribution in [0.5, 0.6) is 11.8 Å². The molecule has 4 nitrogen and oxygen atoms in total. The first-order valence-electron chi connectivity index (χ1n) is 6.25. The second-order valence-electron chi connectivity index (χ2n) is 4.26. The van der Waals surface area contributed by atoms with Gasteiger partial charge in [-0.25, -0.2) is 4.98 Å². The summed E-state index contributed by atoms with van der Waals surface area (Å²) in [5.74, 6) is 0.906. The molecule has 1 aromatic heterocycles. The molecule has 4 heteroatoms. The average Bonchev–Trinajstić information content (AvgIpc) is 2.45. The number of ether oxygens (including phenoxy) is 2. The van der Waals surface area contributed by atoms with Gasteiger partial charge in [0.1, 0.15) is 5.75 Å². The van der Waals surface area contributed by atoms with Gasteiger partial charge in [-0.05, 0) is 43.2 Å². The lowest BCUT2D eigenvalue weighted by molar-refractivity contribution is 0.379. The highest BCUT2D eigenvalue weighted by Gasteiger charge is 2.08. The predicted octanol–water partition coefficient (Wildman–Crippen LogP) is 3.03. The Morgan fingerprint density at radius 3 is 2.47 bits per heavy atom. The molecule has 0 saturated heterocycles. The van der Waals surface area contributed by atoms with E-state index < -0.39 is 0 Å². The van der Waals surface area contributed by atoms with Gasteiger partial charge in [-0.2, -0.15) is 4.98 Å². The first-order chi connectivity index (χ1) is 9.17. The van der Waals surface area contributed by atoms with Gasteiger partial charge in [-0.1, -0.05) is 6.92 Å². The molecule has 0 unspecified atom stereocenters. The molecule has 19 heavy (non-hydrogen) atoms. The van der Waals surface area contributed by atoms with Crippen molar-refractivity contribution in [1.82, 2.24) is 9.97 Å². The fraction of sp³-hybridized carbons (Fsp3) is 0.333. The van der Waals surface area contributed by atoms with Crippen LogP contribution in [0.3, 0.4) is 0 Å². The number of hydrogen-bond donors (Lipinski definition) is 0. The summed E-state index contributed by atoms with van der Waals surface area (Å²) in [5, 5.41) is 0. The maximum absolute atomic E-state index is 5.34. The summed E-state index contributed by atoms with van der Waals surface area (Å²) >= 11 is 0. The van der Waals surface area contributed by atoms with Crippen molar-refractivity contribution in [3.8, 4) is 23.0 Å². The van der Waals surface area contributed by atoms with Crippen LogP contribution in [0.25, 0.3) is 11.3 Å². The van der Waals surface area contributed by atoms with Crippen LogP contribution in [0.2, 0.25) is 0 Å². The van der Waals surface area contributed by atoms with E-state index in [1.54, 1.807) is 14.2 Å². The topological polar surface area (TPSA) is 44.2 Å². The van der Waals surface area contributed by atoms with Crippen LogP contribution in [0.4, 0.5) is 0 Å². The summed E-state index contributed by atoms with van der Waals surface area (Å²) in [4.78, 5) is 8.58. The van der Waals surface area contributed by atoms with E-state index in [2.05, 4.69) is 23.0 Å². The molecule has 1 heterocycles. The third kappa shape index (κ3) is 2.84. The molecule has 0 atom stereocenters. The van der Waals surface area contributed by atoms with E-state index in [9.17, 15) is 0 Å². The predicted molar refractivity (Wildman–Crippen MR) is 74.7 cm³/mol. The van der Waals surface area contributed by atoms with Gasteiger partial charge in [0.25, 0.3) is 0 Å². The van der Waals surface area contributed by atoms with Crippen LogP contribution in [0, 0.1) is 6.92 Å². The minimum Gasteiger partial charge on any atom is -0.496 e. The number of methoxy groups -OCH3 is 2. The lowest BCUT2D eigenvalue weighted by atomic mass is 10.0. The summed E-state index contributed by atoms with van der Waals surface area (Å²) in [6.45, 7) is 4.03. The Hall–Kier alpha value is -2.10. The summed E-state index contributed by atoms with van der Waals surface area (Å²) in [5.41, 5.74) is 3.95. The maximum atomic E-state index is 5.34. The highest BCUT2D eigenvalue weighted by atomic mass is 16.5. The molecule has 0 radical (unpaired) electrons. The summed E-state index contributed by atoms with van der Waals surface area (Å²) < 4.78 is 10.4. The minimum absolute atomic E-state index is 0.392. The quantitative estimate of drug-likeness (QED) is 0.845. The van der Waals surface area contributed by atoms with E-state index in [0.717, 1.165) is 34.7 Å². The molecule has 0 spiro atoms. The third-order valence-electron chi connectivity index (χ3n) is 2.97. The van der Waals surface area contributed by atoms with Crippen molar-refractivity contribution in [3.05, 3.63) is 35.5 Å². The van der Waals surface area contributed by atoms with Gasteiger partial charge in [0.2, 0.25) is 0 Å². The molecule has 0 aliphatic heterocycles. The van der Waals surface area contributed by atoms with E-state index >= 15 is 0 Å². The van der Waals surface area contributed by atoms with Crippen molar-refractivity contribution >= 4 is 0 Å². The lowest BCUT2D eigenvalue weighted by Gasteiger charge is -2.10. The number of hydrogen-bond acceptors (Lipinski definition) is 4. The van der Waals surface area contributed by atoms with Gasteiger partial charge < -0.3 is 9.47 Å². The molecule has 0 aliphatic carbocycles. The van der Waals surface area contributed by atoms with Crippen LogP contribution >= 0.6 is 0 Å². The van der Waals surface area contributed by atoms with E-state index in [1.165, 1.54) is 0 Å². The Kier molecular flexibility index (Phi) is 4.00. The molecule has 0 bridgehead atoms. The van der Waals surface area contributed by atoms with E-state index in [1.807, 2.05) is 25.1 Å². The zero-order valence-corrected chi connectivity index (χ0v) is 11.7. The number of rotatable bonds is 4. The van der Waals surface area contributed by atoms with Gasteiger partial charge in [0, 0.05) is 11.3 Å². The molecule has 0 amide bonds. The lowest BCUT2D eigenvalue weighted by Crippen LogP contribution is -1.97. The highest BCUT2D eigenvalue weighted by Crippen LogP contribution is 2.27. The minimum atomic E-state index is 0.392. The fourth-order valence-corrected chi connectivity index (χ4v) is 1.99. The number of aryl methyl sites for hydroxylation is 2. The van der Waals surface area contributed by atoms with Crippen LogP contribution in [0.15, 0.2) is 24.3 Å². The van der Waals surface area contributed by atoms with E-state index in [0.29, 0.717) is 6.01 Å². The fourth-order valence-electron chi connectivity index (χ4n) is 1.99. The Balaban J connectivity index is 2.49. The van der Waals surface area contributed by atoms with Crippen molar-refractivity contribution in [2.45, 2.75) is 20.3 Å². The largest absolute Gasteiger partial charge is 0.496 e. The Morgan fingerprint density at radius 2 is 1.84 bits per heavy atom. The molecule has 2 rings (SSSR count). The van der Waals surface area contributed by atoms with E-state index in [4.69, 9.17) is 9.47 Å². The van der Waals surface area contributed by atoms with Crippen LogP contribution in [-0.2, 0) is 6.42 Å². The van der Waals surface area contributed by atoms with Crippen molar-refractivity contribution in [3.63, 3.8) is 0 Å². The number of benzene rings is 1. The van der Waals surface area contributed by atoms with Crippen molar-refractivity contribution in [1.29, 1.82) is 0 Å². The van der Waals surface area contributed by atoms with Crippen molar-refractivity contribution in [2.75, 3.05) is 14.2 Å². The summed E-state index contributed by atoms with van der Waals surface area (Å²) in [7, 11) is 3.26. The van der Waals surface area contributed by atoms with Gasteiger partial charge in [0.05, 0.1) is 19.9 Å². The maximum Gasteiger partial charge on any atom is 0.316 e. The van der Waals surface area contributed by atoms with Gasteiger partial charge >= 0.3 is 6.01 Å².